The highest BCUT2D eigenvalue weighted by atomic mass is 16.6. The summed E-state index contributed by atoms with van der Waals surface area (Å²) in [5, 5.41) is 19.2. The number of aliphatic hydroxyl groups excluding tert-OH is 1. The van der Waals surface area contributed by atoms with Crippen molar-refractivity contribution in [3.8, 4) is 0 Å². The van der Waals surface area contributed by atoms with E-state index in [1.54, 1.807) is 20.8 Å². The van der Waals surface area contributed by atoms with Crippen LogP contribution in [0.1, 0.15) is 81.1 Å². The third-order valence-electron chi connectivity index (χ3n) is 6.07. The number of amides is 4. The van der Waals surface area contributed by atoms with Gasteiger partial charge in [0.15, 0.2) is 0 Å². The molecule has 1 saturated heterocycles. The van der Waals surface area contributed by atoms with Gasteiger partial charge in [-0.3, -0.25) is 4.79 Å². The Balaban J connectivity index is 2.91. The molecule has 4 N–H and O–H groups in total. The van der Waals surface area contributed by atoms with Gasteiger partial charge in [0.2, 0.25) is 5.91 Å². The summed E-state index contributed by atoms with van der Waals surface area (Å²) in [4.78, 5) is 52.1. The lowest BCUT2D eigenvalue weighted by molar-refractivity contribution is -0.143. The molecule has 1 unspecified atom stereocenters. The van der Waals surface area contributed by atoms with Crippen molar-refractivity contribution >= 4 is 24.0 Å². The Morgan fingerprint density at radius 3 is 2.05 bits per heavy atom. The first-order chi connectivity index (χ1) is 17.0. The first kappa shape index (κ1) is 32.5. The summed E-state index contributed by atoms with van der Waals surface area (Å²) in [5.74, 6) is -0.664. The zero-order chi connectivity index (χ0) is 28.5. The average molecular weight is 529 g/mol. The second-order valence-corrected chi connectivity index (χ2v) is 11.7. The number of nitrogens with zero attached hydrogens (tertiary/aromatic N) is 1. The number of urea groups is 1. The number of esters is 1. The van der Waals surface area contributed by atoms with Gasteiger partial charge in [0.05, 0.1) is 25.8 Å². The van der Waals surface area contributed by atoms with E-state index in [4.69, 9.17) is 9.47 Å². The van der Waals surface area contributed by atoms with Gasteiger partial charge in [0.1, 0.15) is 17.7 Å². The lowest BCUT2D eigenvalue weighted by Crippen LogP contribution is -2.56. The van der Waals surface area contributed by atoms with Gasteiger partial charge in [-0.25, -0.2) is 14.4 Å². The van der Waals surface area contributed by atoms with Gasteiger partial charge in [-0.15, -0.1) is 0 Å². The Morgan fingerprint density at radius 1 is 0.973 bits per heavy atom. The van der Waals surface area contributed by atoms with Gasteiger partial charge in [-0.1, -0.05) is 27.7 Å². The van der Waals surface area contributed by atoms with E-state index in [9.17, 15) is 24.3 Å². The van der Waals surface area contributed by atoms with Crippen molar-refractivity contribution in [1.82, 2.24) is 20.9 Å². The molecule has 0 aromatic heterocycles. The minimum atomic E-state index is -1.04. The van der Waals surface area contributed by atoms with Crippen molar-refractivity contribution in [3.05, 3.63) is 0 Å². The molecule has 0 saturated carbocycles. The molecule has 0 aromatic carbocycles. The maximum Gasteiger partial charge on any atom is 0.408 e. The van der Waals surface area contributed by atoms with E-state index in [0.29, 0.717) is 25.7 Å². The average Bonchev–Trinajstić information content (AvgIpc) is 2.89. The second-order valence-electron chi connectivity index (χ2n) is 11.7. The molecule has 1 fully saturated rings. The van der Waals surface area contributed by atoms with E-state index < -0.39 is 53.8 Å². The van der Waals surface area contributed by atoms with Gasteiger partial charge in [-0.05, 0) is 65.2 Å². The molecule has 1 aliphatic heterocycles. The van der Waals surface area contributed by atoms with Crippen molar-refractivity contribution < 1.29 is 33.8 Å². The molecule has 37 heavy (non-hydrogen) atoms. The van der Waals surface area contributed by atoms with E-state index in [-0.39, 0.29) is 24.4 Å². The standard InChI is InChI=1S/C26H48N4O7/c1-15(2)12-19(29-25(35)37-26(6,7)8)22(32)27-18-11-10-17(5)30(14-21(18)31)24(34)28-20(13-16(3)4)23(33)36-9/h15-21,31H,10-14H2,1-9H3,(H,27,32)(H,28,34)(H,29,35)/t17-,18+,19+,20?,21+/m1/s1. The summed E-state index contributed by atoms with van der Waals surface area (Å²) in [6, 6.07) is -2.95. The van der Waals surface area contributed by atoms with Crippen LogP contribution >= 0.6 is 0 Å². The van der Waals surface area contributed by atoms with Crippen LogP contribution < -0.4 is 16.0 Å². The number of likely N-dealkylation sites (tertiary alicyclic amines) is 1. The zero-order valence-corrected chi connectivity index (χ0v) is 23.9. The predicted octanol–water partition coefficient (Wildman–Crippen LogP) is 2.55. The van der Waals surface area contributed by atoms with Crippen molar-refractivity contribution in [2.45, 2.75) is 117 Å². The van der Waals surface area contributed by atoms with Gasteiger partial charge in [0, 0.05) is 6.04 Å². The maximum atomic E-state index is 13.1. The molecular formula is C26H48N4O7. The van der Waals surface area contributed by atoms with Crippen LogP contribution in [0.4, 0.5) is 9.59 Å². The molecule has 214 valence electrons. The van der Waals surface area contributed by atoms with E-state index >= 15 is 0 Å². The van der Waals surface area contributed by atoms with Gasteiger partial charge in [0.25, 0.3) is 0 Å². The van der Waals surface area contributed by atoms with Crippen LogP contribution in [0.3, 0.4) is 0 Å². The monoisotopic (exact) mass is 528 g/mol. The van der Waals surface area contributed by atoms with Crippen LogP contribution in [0.5, 0.6) is 0 Å². The number of hydrogen-bond donors (Lipinski definition) is 4. The Morgan fingerprint density at radius 2 is 1.54 bits per heavy atom. The maximum absolute atomic E-state index is 13.1. The third-order valence-corrected chi connectivity index (χ3v) is 6.07. The van der Waals surface area contributed by atoms with Crippen LogP contribution in [-0.4, -0.2) is 83.5 Å². The van der Waals surface area contributed by atoms with Gasteiger partial charge >= 0.3 is 18.1 Å². The molecule has 11 heteroatoms. The summed E-state index contributed by atoms with van der Waals surface area (Å²) in [7, 11) is 1.28. The highest BCUT2D eigenvalue weighted by Gasteiger charge is 2.36. The Bertz CT molecular complexity index is 781. The molecule has 0 aromatic rings. The summed E-state index contributed by atoms with van der Waals surface area (Å²) >= 11 is 0. The van der Waals surface area contributed by atoms with E-state index in [1.807, 2.05) is 34.6 Å². The lowest BCUT2D eigenvalue weighted by atomic mass is 10.0. The predicted molar refractivity (Wildman–Crippen MR) is 140 cm³/mol. The first-order valence-electron chi connectivity index (χ1n) is 13.2. The van der Waals surface area contributed by atoms with Crippen LogP contribution in [-0.2, 0) is 19.1 Å². The molecule has 4 amide bonds. The fourth-order valence-electron chi connectivity index (χ4n) is 4.22. The highest BCUT2D eigenvalue weighted by Crippen LogP contribution is 2.19. The summed E-state index contributed by atoms with van der Waals surface area (Å²) < 4.78 is 10.1. The number of carbonyl (C=O) groups excluding carboxylic acids is 4. The third kappa shape index (κ3) is 11.6. The Kier molecular flexibility index (Phi) is 12.6. The normalized spacial score (nSPS) is 22.1. The van der Waals surface area contributed by atoms with Crippen molar-refractivity contribution in [2.24, 2.45) is 11.8 Å². The number of alkyl carbamates (subject to hydrolysis) is 1. The van der Waals surface area contributed by atoms with Crippen LogP contribution in [0.25, 0.3) is 0 Å². The molecule has 0 radical (unpaired) electrons. The summed E-state index contributed by atoms with van der Waals surface area (Å²) in [6.07, 6.45) is 0.0465. The lowest BCUT2D eigenvalue weighted by Gasteiger charge is -2.31. The van der Waals surface area contributed by atoms with Gasteiger partial charge < -0.3 is 35.4 Å². The fraction of sp³-hybridized carbons (Fsp3) is 0.846. The molecule has 1 aliphatic rings. The number of aliphatic hydroxyl groups is 1. The molecule has 0 aliphatic carbocycles. The molecular weight excluding hydrogens is 480 g/mol. The Hall–Kier alpha value is -2.56. The summed E-state index contributed by atoms with van der Waals surface area (Å²) in [6.45, 7) is 14.8. The SMILES string of the molecule is COC(=O)C(CC(C)C)NC(=O)N1C[C@H](O)[C@@H](NC(=O)[C@H](CC(C)C)NC(=O)OC(C)(C)C)CC[C@H]1C. The van der Waals surface area contributed by atoms with Crippen molar-refractivity contribution in [2.75, 3.05) is 13.7 Å². The molecule has 0 bridgehead atoms. The van der Waals surface area contributed by atoms with Crippen LogP contribution in [0, 0.1) is 11.8 Å². The molecule has 1 rings (SSSR count). The van der Waals surface area contributed by atoms with E-state index in [2.05, 4.69) is 16.0 Å². The Labute approximate surface area is 221 Å². The summed E-state index contributed by atoms with van der Waals surface area (Å²) in [5.41, 5.74) is -0.706. The molecule has 0 spiro atoms. The van der Waals surface area contributed by atoms with Crippen molar-refractivity contribution in [1.29, 1.82) is 0 Å². The zero-order valence-electron chi connectivity index (χ0n) is 23.9. The molecule has 1 heterocycles. The number of hydrogen-bond acceptors (Lipinski definition) is 7. The largest absolute Gasteiger partial charge is 0.467 e. The number of nitrogens with one attached hydrogen (secondary N) is 3. The van der Waals surface area contributed by atoms with Crippen LogP contribution in [0.15, 0.2) is 0 Å². The first-order valence-corrected chi connectivity index (χ1v) is 13.2. The van der Waals surface area contributed by atoms with Crippen LogP contribution in [0.2, 0.25) is 0 Å². The number of carbonyl (C=O) groups is 4. The quantitative estimate of drug-likeness (QED) is 0.336. The number of β-amino-alcohol motifs (C(OH)–C–C–N with tert-alkyl or cyclic N) is 1. The molecule has 11 nitrogen and oxygen atoms in total. The van der Waals surface area contributed by atoms with Crippen molar-refractivity contribution in [3.63, 3.8) is 0 Å². The minimum Gasteiger partial charge on any atom is -0.467 e. The smallest absolute Gasteiger partial charge is 0.408 e. The van der Waals surface area contributed by atoms with E-state index in [0.717, 1.165) is 0 Å². The number of methoxy groups -OCH3 is 1. The number of rotatable bonds is 9. The van der Waals surface area contributed by atoms with E-state index in [1.165, 1.54) is 12.0 Å². The fourth-order valence-corrected chi connectivity index (χ4v) is 4.22. The second kappa shape index (κ2) is 14.4. The number of ether oxygens (including phenoxy) is 2. The molecule has 5 atom stereocenters. The van der Waals surface area contributed by atoms with Gasteiger partial charge in [-0.2, -0.15) is 0 Å². The minimum absolute atomic E-state index is 0.0259. The highest BCUT2D eigenvalue weighted by molar-refractivity contribution is 5.86. The topological polar surface area (TPSA) is 146 Å².